The smallest absolute Gasteiger partial charge is 0.257 e. The van der Waals surface area contributed by atoms with Crippen molar-refractivity contribution in [1.82, 2.24) is 19.2 Å². The van der Waals surface area contributed by atoms with Gasteiger partial charge in [-0.1, -0.05) is 151 Å². The van der Waals surface area contributed by atoms with Gasteiger partial charge in [0, 0.05) is 53.1 Å². The zero-order chi connectivity index (χ0) is 65.4. The molecule has 3 fully saturated rings. The predicted octanol–water partition coefficient (Wildman–Crippen LogP) is 16.6. The fourth-order valence-electron chi connectivity index (χ4n) is 8.84. The summed E-state index contributed by atoms with van der Waals surface area (Å²) in [5, 5.41) is 1.05. The first-order chi connectivity index (χ1) is 38.0. The van der Waals surface area contributed by atoms with Crippen molar-refractivity contribution in [1.29, 1.82) is 0 Å². The molecule has 2 aliphatic carbocycles. The van der Waals surface area contributed by atoms with Crippen molar-refractivity contribution in [3.63, 3.8) is 0 Å². The second-order valence-corrected chi connectivity index (χ2v) is 32.3. The van der Waals surface area contributed by atoms with E-state index in [1.54, 1.807) is 20.8 Å². The van der Waals surface area contributed by atoms with E-state index in [-0.39, 0.29) is 46.5 Å². The first kappa shape index (κ1) is 78.0. The number of aromatic nitrogens is 2. The van der Waals surface area contributed by atoms with Gasteiger partial charge in [-0.3, -0.25) is 38.6 Å². The number of nitrogens with zero attached hydrogens (tertiary/aromatic N) is 4. The van der Waals surface area contributed by atoms with Gasteiger partial charge in [0.05, 0.1) is 37.1 Å². The fourth-order valence-corrected chi connectivity index (χ4v) is 9.50. The molecule has 0 aromatic carbocycles. The number of imide groups is 2. The Kier molecular flexibility index (Phi) is 30.5. The normalized spacial score (nSPS) is 21.9. The van der Waals surface area contributed by atoms with Gasteiger partial charge in [-0.2, -0.15) is 4.37 Å². The molecule has 13 nitrogen and oxygen atoms in total. The van der Waals surface area contributed by atoms with Crippen LogP contribution in [0.4, 0.5) is 0 Å². The van der Waals surface area contributed by atoms with Crippen molar-refractivity contribution in [3.8, 4) is 0 Å². The molecule has 5 atom stereocenters. The lowest BCUT2D eigenvalue weighted by molar-refractivity contribution is -0.140. The lowest BCUT2D eigenvalue weighted by Gasteiger charge is -2.19. The molecule has 1 aromatic heterocycles. The number of Topliss-reactive ketones (excluding diaryl/α,β-unsaturated/α-hetero) is 2. The summed E-state index contributed by atoms with van der Waals surface area (Å²) in [6.45, 7) is 61.3. The summed E-state index contributed by atoms with van der Waals surface area (Å²) >= 11 is 1.47. The Morgan fingerprint density at radius 3 is 1.23 bits per heavy atom. The maximum absolute atomic E-state index is 11.8. The quantitative estimate of drug-likeness (QED) is 0.170. The van der Waals surface area contributed by atoms with Gasteiger partial charge in [0.1, 0.15) is 10.8 Å². The number of aryl methyl sites for hydroxylation is 1. The number of ether oxygens (including phenoxy) is 3. The second kappa shape index (κ2) is 32.8. The molecule has 0 radical (unpaired) electrons. The molecule has 4 amide bonds. The molecule has 0 N–H and O–H groups in total. The number of amides is 4. The van der Waals surface area contributed by atoms with Gasteiger partial charge >= 0.3 is 0 Å². The maximum atomic E-state index is 11.8. The monoisotopic (exact) mass is 1190 g/mol. The first-order valence-corrected chi connectivity index (χ1v) is 32.1. The average Bonchev–Trinajstić information content (AvgIpc) is 4.15. The highest BCUT2D eigenvalue weighted by Crippen LogP contribution is 2.42. The maximum Gasteiger partial charge on any atom is 0.257 e. The Morgan fingerprint density at radius 1 is 0.607 bits per heavy atom. The molecule has 0 bridgehead atoms. The fraction of sp³-hybridized carbons (Fsp3) is 0.771. The SMILES string of the molecule is CC(C)(C)C1CO1.CC(C)(C)CCC(=O)C1=CCC1.CC(C)(C)CCC(=O)C1=CCCCC1.CC(C)C1OC1C(C)(C)C.CC1=C(C)C(=O)N(C(C)C)C1=O.CC1=CC(=O)N(C(C)C)C1=O.CC1OC1C(C)(C)C.Cc1nc(C(C)(C)C)ns1. The van der Waals surface area contributed by atoms with Crippen molar-refractivity contribution in [3.05, 3.63) is 56.9 Å². The van der Waals surface area contributed by atoms with E-state index in [2.05, 4.69) is 167 Å². The van der Waals surface area contributed by atoms with Crippen molar-refractivity contribution in [2.45, 2.75) is 313 Å². The Balaban J connectivity index is 0.000000483. The molecule has 1 aromatic rings. The summed E-state index contributed by atoms with van der Waals surface area (Å²) in [6, 6.07) is -0.0823. The molecule has 5 aliphatic heterocycles. The summed E-state index contributed by atoms with van der Waals surface area (Å²) < 4.78 is 20.1. The minimum absolute atomic E-state index is 0.0382. The number of epoxide rings is 3. The number of rotatable bonds is 9. The highest BCUT2D eigenvalue weighted by Gasteiger charge is 2.48. The highest BCUT2D eigenvalue weighted by molar-refractivity contribution is 7.05. The van der Waals surface area contributed by atoms with Crippen LogP contribution in [0.1, 0.15) is 269 Å². The Bertz CT molecular complexity index is 2440. The van der Waals surface area contributed by atoms with Gasteiger partial charge in [-0.05, 0) is 169 Å². The summed E-state index contributed by atoms with van der Waals surface area (Å²) in [5.41, 5.74) is 5.62. The van der Waals surface area contributed by atoms with Gasteiger partial charge < -0.3 is 14.2 Å². The van der Waals surface area contributed by atoms with E-state index >= 15 is 0 Å². The van der Waals surface area contributed by atoms with Crippen LogP contribution in [0, 0.1) is 39.9 Å². The van der Waals surface area contributed by atoms with E-state index in [0.717, 1.165) is 80.0 Å². The van der Waals surface area contributed by atoms with Crippen LogP contribution in [0.5, 0.6) is 0 Å². The van der Waals surface area contributed by atoms with E-state index in [0.29, 0.717) is 86.4 Å². The van der Waals surface area contributed by atoms with Crippen molar-refractivity contribution in [2.24, 2.45) is 33.0 Å². The average molecular weight is 1190 g/mol. The van der Waals surface area contributed by atoms with Crippen LogP contribution in [-0.4, -0.2) is 104 Å². The van der Waals surface area contributed by atoms with E-state index < -0.39 is 0 Å². The minimum Gasteiger partial charge on any atom is -0.373 e. The molecule has 7 aliphatic rings. The molecule has 14 heteroatoms. The number of allylic oxidation sites excluding steroid dienone is 4. The second-order valence-electron chi connectivity index (χ2n) is 31.3. The Hall–Kier alpha value is -3.98. The molecule has 3 saturated heterocycles. The van der Waals surface area contributed by atoms with Crippen molar-refractivity contribution in [2.75, 3.05) is 6.61 Å². The van der Waals surface area contributed by atoms with Crippen LogP contribution in [0.2, 0.25) is 0 Å². The van der Waals surface area contributed by atoms with E-state index in [1.807, 2.05) is 34.6 Å². The van der Waals surface area contributed by atoms with Crippen LogP contribution in [0.25, 0.3) is 0 Å². The topological polar surface area (TPSA) is 172 Å². The van der Waals surface area contributed by atoms with Crippen LogP contribution >= 0.6 is 11.5 Å². The van der Waals surface area contributed by atoms with Crippen molar-refractivity contribution < 1.29 is 43.0 Å². The summed E-state index contributed by atoms with van der Waals surface area (Å²) in [4.78, 5) is 75.1. The van der Waals surface area contributed by atoms with Crippen LogP contribution in [0.15, 0.2) is 46.1 Å². The summed E-state index contributed by atoms with van der Waals surface area (Å²) in [7, 11) is 0. The summed E-state index contributed by atoms with van der Waals surface area (Å²) in [6.07, 6.45) is 18.4. The highest BCUT2D eigenvalue weighted by atomic mass is 32.1. The number of hydrogen-bond acceptors (Lipinski definition) is 12. The van der Waals surface area contributed by atoms with Gasteiger partial charge in [-0.25, -0.2) is 4.98 Å². The third-order valence-electron chi connectivity index (χ3n) is 14.9. The largest absolute Gasteiger partial charge is 0.373 e. The molecular weight excluding hydrogens is 1070 g/mol. The molecule has 5 unspecified atom stereocenters. The van der Waals surface area contributed by atoms with Gasteiger partial charge in [0.15, 0.2) is 11.6 Å². The van der Waals surface area contributed by atoms with E-state index in [4.69, 9.17) is 14.2 Å². The number of hydrogen-bond donors (Lipinski definition) is 0. The van der Waals surface area contributed by atoms with Crippen LogP contribution in [0.3, 0.4) is 0 Å². The molecule has 0 saturated carbocycles. The first-order valence-electron chi connectivity index (χ1n) is 31.3. The van der Waals surface area contributed by atoms with E-state index in [9.17, 15) is 28.8 Å². The standard InChI is InChI=1S/C13H22O.C11H18O.C9H13NO2.C9H18O.C8H11NO2.C7H12N2S.C7H14O.C6H12O/c1-13(2,3)10-9-12(14)11-7-5-4-6-8-11;1-11(2,3)8-7-10(12)9-5-4-6-9;1-5(2)10-8(11)6(3)7(4)9(10)12;1-6(2)7-8(10-7)9(3,4)5;1-5(2)9-7(10)4-6(3)8(9)11;1-5-8-6(9-10-5)7(2,3)4;1-5-6(8-5)7(2,3)4;1-6(2,3)5-4-7-5/h7H,4-6,8-10H2,1-3H3;5H,4,6-8H2,1-3H3;5H,1-4H3;6-8H,1-5H3;4-5H,1-3H3;1-4H3;5-6H,1-4H3;5H,4H2,1-3H3. The van der Waals surface area contributed by atoms with Crippen LogP contribution in [-0.2, 0) is 48.4 Å². The Morgan fingerprint density at radius 2 is 1.05 bits per heavy atom. The number of ketones is 2. The lowest BCUT2D eigenvalue weighted by Crippen LogP contribution is -2.37. The molecule has 6 heterocycles. The molecule has 480 valence electrons. The zero-order valence-corrected chi connectivity index (χ0v) is 59.3. The molecule has 0 spiro atoms. The molecular formula is C70H120N4O9S. The third kappa shape index (κ3) is 29.1. The van der Waals surface area contributed by atoms with Crippen molar-refractivity contribution >= 4 is 46.7 Å². The van der Waals surface area contributed by atoms with Gasteiger partial charge in [0.2, 0.25) is 0 Å². The van der Waals surface area contributed by atoms with Gasteiger partial charge in [0.25, 0.3) is 23.6 Å². The zero-order valence-electron chi connectivity index (χ0n) is 58.5. The van der Waals surface area contributed by atoms with Gasteiger partial charge in [-0.15, -0.1) is 0 Å². The Labute approximate surface area is 516 Å². The number of carbonyl (C=O) groups is 6. The molecule has 8 rings (SSSR count). The van der Waals surface area contributed by atoms with E-state index in [1.165, 1.54) is 40.2 Å². The predicted molar refractivity (Wildman–Crippen MR) is 347 cm³/mol. The molecule has 84 heavy (non-hydrogen) atoms. The minimum atomic E-state index is -0.192. The van der Waals surface area contributed by atoms with Crippen LogP contribution < -0.4 is 0 Å². The lowest BCUT2D eigenvalue weighted by atomic mass is 9.86. The number of carbonyl (C=O) groups excluding carboxylic acids is 6. The summed E-state index contributed by atoms with van der Waals surface area (Å²) in [5.74, 6) is 1.75. The third-order valence-corrected chi connectivity index (χ3v) is 15.5.